The smallest absolute Gasteiger partial charge is 0.0486 e. The Hall–Kier alpha value is -1.32. The van der Waals surface area contributed by atoms with Crippen LogP contribution in [0.3, 0.4) is 0 Å². The summed E-state index contributed by atoms with van der Waals surface area (Å²) >= 11 is 0. The molecule has 0 bridgehead atoms. The lowest BCUT2D eigenvalue weighted by Crippen LogP contribution is -2.36. The van der Waals surface area contributed by atoms with Crippen molar-refractivity contribution in [1.82, 2.24) is 14.8 Å². The van der Waals surface area contributed by atoms with E-state index in [-0.39, 0.29) is 5.54 Å². The number of aryl methyl sites for hydroxylation is 1. The van der Waals surface area contributed by atoms with Crippen molar-refractivity contribution in [3.05, 3.63) is 34.5 Å². The maximum absolute atomic E-state index is 3.56. The quantitative estimate of drug-likeness (QED) is 0.910. The van der Waals surface area contributed by atoms with Crippen molar-refractivity contribution < 1.29 is 0 Å². The average Bonchev–Trinajstić information content (AvgIpc) is 3.01. The maximum atomic E-state index is 3.56. The molecule has 2 aromatic rings. The van der Waals surface area contributed by atoms with Crippen molar-refractivity contribution >= 4 is 10.9 Å². The van der Waals surface area contributed by atoms with Crippen LogP contribution in [0.5, 0.6) is 0 Å². The van der Waals surface area contributed by atoms with Gasteiger partial charge in [0, 0.05) is 48.3 Å². The fraction of sp³-hybridized carbons (Fsp3) is 0.619. The Bertz CT molecular complexity index is 749. The second-order valence-corrected chi connectivity index (χ2v) is 8.45. The lowest BCUT2D eigenvalue weighted by Gasteiger charge is -2.31. The first kappa shape index (κ1) is 17.5. The van der Waals surface area contributed by atoms with Crippen molar-refractivity contribution in [3.63, 3.8) is 0 Å². The van der Waals surface area contributed by atoms with Crippen molar-refractivity contribution in [2.45, 2.75) is 72.6 Å². The molecule has 3 nitrogen and oxygen atoms in total. The molecule has 0 saturated heterocycles. The predicted molar refractivity (Wildman–Crippen MR) is 103 cm³/mol. The molecule has 0 fully saturated rings. The Morgan fingerprint density at radius 1 is 1.17 bits per heavy atom. The van der Waals surface area contributed by atoms with E-state index in [0.717, 1.165) is 26.1 Å². The van der Waals surface area contributed by atoms with E-state index in [4.69, 9.17) is 0 Å². The SMILES string of the molecule is CCNC(C)Cc1c(C)n(C)c2cc3c(cc12)CN(C(C)(C)C)C3. The third-order valence-corrected chi connectivity index (χ3v) is 5.68. The Balaban J connectivity index is 2.02. The molecule has 0 spiro atoms. The second-order valence-electron chi connectivity index (χ2n) is 8.45. The van der Waals surface area contributed by atoms with E-state index in [1.54, 1.807) is 0 Å². The van der Waals surface area contributed by atoms with E-state index in [1.165, 1.54) is 33.3 Å². The highest BCUT2D eigenvalue weighted by Gasteiger charge is 2.29. The Kier molecular flexibility index (Phi) is 4.52. The van der Waals surface area contributed by atoms with Gasteiger partial charge in [-0.1, -0.05) is 6.92 Å². The van der Waals surface area contributed by atoms with Gasteiger partial charge in [-0.05, 0) is 76.4 Å². The molecule has 1 atom stereocenters. The number of fused-ring (bicyclic) bond motifs is 2. The van der Waals surface area contributed by atoms with Crippen LogP contribution in [0.2, 0.25) is 0 Å². The number of nitrogens with zero attached hydrogens (tertiary/aromatic N) is 2. The van der Waals surface area contributed by atoms with Gasteiger partial charge in [0.25, 0.3) is 0 Å². The van der Waals surface area contributed by atoms with Gasteiger partial charge < -0.3 is 9.88 Å². The first-order valence-corrected chi connectivity index (χ1v) is 9.30. The zero-order chi connectivity index (χ0) is 17.6. The molecule has 1 aromatic heterocycles. The minimum absolute atomic E-state index is 0.226. The Morgan fingerprint density at radius 2 is 1.79 bits per heavy atom. The zero-order valence-electron chi connectivity index (χ0n) is 16.5. The third-order valence-electron chi connectivity index (χ3n) is 5.68. The largest absolute Gasteiger partial charge is 0.348 e. The highest BCUT2D eigenvalue weighted by atomic mass is 15.2. The normalized spacial score (nSPS) is 16.8. The Labute approximate surface area is 147 Å². The van der Waals surface area contributed by atoms with Gasteiger partial charge in [0.05, 0.1) is 0 Å². The maximum Gasteiger partial charge on any atom is 0.0486 e. The molecule has 0 aliphatic carbocycles. The number of likely N-dealkylation sites (N-methyl/N-ethyl adjacent to an activating group) is 1. The van der Waals surface area contributed by atoms with Crippen molar-refractivity contribution in [2.24, 2.45) is 7.05 Å². The van der Waals surface area contributed by atoms with Gasteiger partial charge in [-0.3, -0.25) is 4.90 Å². The van der Waals surface area contributed by atoms with Crippen LogP contribution in [0, 0.1) is 6.92 Å². The number of hydrogen-bond donors (Lipinski definition) is 1. The molecule has 1 aliphatic heterocycles. The fourth-order valence-electron chi connectivity index (χ4n) is 3.99. The fourth-order valence-corrected chi connectivity index (χ4v) is 3.99. The van der Waals surface area contributed by atoms with Gasteiger partial charge in [-0.2, -0.15) is 0 Å². The van der Waals surface area contributed by atoms with Crippen LogP contribution < -0.4 is 5.32 Å². The monoisotopic (exact) mass is 327 g/mol. The van der Waals surface area contributed by atoms with Crippen LogP contribution >= 0.6 is 0 Å². The minimum atomic E-state index is 0.226. The number of nitrogens with one attached hydrogen (secondary N) is 1. The van der Waals surface area contributed by atoms with Gasteiger partial charge in [0.2, 0.25) is 0 Å². The van der Waals surface area contributed by atoms with Crippen molar-refractivity contribution in [1.29, 1.82) is 0 Å². The summed E-state index contributed by atoms with van der Waals surface area (Å²) in [7, 11) is 2.21. The highest BCUT2D eigenvalue weighted by Crippen LogP contribution is 2.35. The molecule has 24 heavy (non-hydrogen) atoms. The summed E-state index contributed by atoms with van der Waals surface area (Å²) in [6.07, 6.45) is 1.10. The molecule has 2 heterocycles. The van der Waals surface area contributed by atoms with Gasteiger partial charge in [0.15, 0.2) is 0 Å². The van der Waals surface area contributed by atoms with Gasteiger partial charge in [0.1, 0.15) is 0 Å². The standard InChI is InChI=1S/C21H33N3/c1-8-22-14(2)9-18-15(3)23(7)20-11-17-13-24(21(4,5)6)12-16(17)10-19(18)20/h10-11,14,22H,8-9,12-13H2,1-7H3. The van der Waals surface area contributed by atoms with Gasteiger partial charge in [-0.15, -0.1) is 0 Å². The van der Waals surface area contributed by atoms with Crippen molar-refractivity contribution in [3.8, 4) is 0 Å². The van der Waals surface area contributed by atoms with Crippen LogP contribution in [-0.2, 0) is 26.6 Å². The third kappa shape index (κ3) is 3.00. The summed E-state index contributed by atoms with van der Waals surface area (Å²) in [4.78, 5) is 2.57. The first-order valence-electron chi connectivity index (χ1n) is 9.30. The summed E-state index contributed by atoms with van der Waals surface area (Å²) in [5.41, 5.74) is 7.55. The molecule has 0 radical (unpaired) electrons. The second kappa shape index (κ2) is 6.20. The molecule has 1 N–H and O–H groups in total. The van der Waals surface area contributed by atoms with E-state index >= 15 is 0 Å². The van der Waals surface area contributed by atoms with Gasteiger partial charge in [-0.25, -0.2) is 0 Å². The van der Waals surface area contributed by atoms with E-state index in [0.29, 0.717) is 6.04 Å². The van der Waals surface area contributed by atoms with E-state index in [9.17, 15) is 0 Å². The lowest BCUT2D eigenvalue weighted by atomic mass is 10.0. The molecule has 1 unspecified atom stereocenters. The summed E-state index contributed by atoms with van der Waals surface area (Å²) < 4.78 is 2.38. The number of aromatic nitrogens is 1. The topological polar surface area (TPSA) is 20.2 Å². The molecule has 0 amide bonds. The van der Waals surface area contributed by atoms with E-state index in [2.05, 4.69) is 75.5 Å². The summed E-state index contributed by atoms with van der Waals surface area (Å²) in [6.45, 7) is 16.8. The Morgan fingerprint density at radius 3 is 2.38 bits per heavy atom. The average molecular weight is 328 g/mol. The van der Waals surface area contributed by atoms with Crippen LogP contribution in [0.25, 0.3) is 10.9 Å². The molecule has 132 valence electrons. The number of rotatable bonds is 4. The summed E-state index contributed by atoms with van der Waals surface area (Å²) in [6, 6.07) is 5.42. The molecule has 3 rings (SSSR count). The summed E-state index contributed by atoms with van der Waals surface area (Å²) in [5.74, 6) is 0. The molecule has 3 heteroatoms. The lowest BCUT2D eigenvalue weighted by molar-refractivity contribution is 0.136. The number of benzene rings is 1. The molecular weight excluding hydrogens is 294 g/mol. The zero-order valence-corrected chi connectivity index (χ0v) is 16.5. The molecule has 1 aliphatic rings. The van der Waals surface area contributed by atoms with Gasteiger partial charge >= 0.3 is 0 Å². The van der Waals surface area contributed by atoms with E-state index < -0.39 is 0 Å². The molecular formula is C21H33N3. The summed E-state index contributed by atoms with van der Waals surface area (Å²) in [5, 5.41) is 5.01. The predicted octanol–water partition coefficient (Wildman–Crippen LogP) is 4.14. The first-order chi connectivity index (χ1) is 11.2. The van der Waals surface area contributed by atoms with Crippen LogP contribution in [-0.4, -0.2) is 27.6 Å². The van der Waals surface area contributed by atoms with Crippen LogP contribution in [0.1, 0.15) is 57.0 Å². The van der Waals surface area contributed by atoms with Crippen molar-refractivity contribution in [2.75, 3.05) is 6.54 Å². The van der Waals surface area contributed by atoms with E-state index in [1.807, 2.05) is 0 Å². The van der Waals surface area contributed by atoms with Crippen LogP contribution in [0.15, 0.2) is 12.1 Å². The number of hydrogen-bond acceptors (Lipinski definition) is 2. The minimum Gasteiger partial charge on any atom is -0.348 e. The van der Waals surface area contributed by atoms with Crippen LogP contribution in [0.4, 0.5) is 0 Å². The molecule has 1 aromatic carbocycles. The molecule has 0 saturated carbocycles. The highest BCUT2D eigenvalue weighted by molar-refractivity contribution is 5.87.